The van der Waals surface area contributed by atoms with E-state index < -0.39 is 6.09 Å². The van der Waals surface area contributed by atoms with Crippen molar-refractivity contribution in [2.24, 2.45) is 0 Å². The second-order valence-corrected chi connectivity index (χ2v) is 6.49. The summed E-state index contributed by atoms with van der Waals surface area (Å²) in [6.45, 7) is 0. The maximum absolute atomic E-state index is 10.8. The van der Waals surface area contributed by atoms with Crippen LogP contribution in [0.4, 0.5) is 4.79 Å². The van der Waals surface area contributed by atoms with E-state index in [0.29, 0.717) is 29.4 Å². The number of carboxylic acid groups (broad SMARTS) is 1. The molecular weight excluding hydrogens is 356 g/mol. The Hall–Kier alpha value is -3.00. The van der Waals surface area contributed by atoms with Crippen LogP contribution in [0.25, 0.3) is 17.2 Å². The van der Waals surface area contributed by atoms with Gasteiger partial charge >= 0.3 is 6.09 Å². The summed E-state index contributed by atoms with van der Waals surface area (Å²) in [5.74, 6) is 1.41. The summed E-state index contributed by atoms with van der Waals surface area (Å²) in [5, 5.41) is 20.6. The molecule has 3 aromatic rings. The fourth-order valence-corrected chi connectivity index (χ4v) is 3.36. The number of halogens is 1. The third kappa shape index (κ3) is 2.99. The first-order chi connectivity index (χ1) is 12.6. The van der Waals surface area contributed by atoms with E-state index in [-0.39, 0.29) is 12.0 Å². The first kappa shape index (κ1) is 16.5. The maximum Gasteiger partial charge on any atom is 0.404 e. The van der Waals surface area contributed by atoms with E-state index in [0.717, 1.165) is 11.5 Å². The number of rotatable bonds is 4. The summed E-state index contributed by atoms with van der Waals surface area (Å²) < 4.78 is 1.90. The number of para-hydroxylation sites is 1. The van der Waals surface area contributed by atoms with Crippen molar-refractivity contribution in [1.82, 2.24) is 30.0 Å². The molecule has 2 aromatic heterocycles. The second kappa shape index (κ2) is 6.72. The van der Waals surface area contributed by atoms with Crippen LogP contribution in [0, 0.1) is 0 Å². The Morgan fingerprint density at radius 1 is 1.23 bits per heavy atom. The topological polar surface area (TPSA) is 106 Å². The molecule has 1 saturated carbocycles. The minimum Gasteiger partial charge on any atom is -0.465 e. The van der Waals surface area contributed by atoms with Gasteiger partial charge in [0, 0.05) is 18.2 Å². The summed E-state index contributed by atoms with van der Waals surface area (Å²) in [7, 11) is 0. The van der Waals surface area contributed by atoms with Crippen molar-refractivity contribution in [3.05, 3.63) is 53.7 Å². The van der Waals surface area contributed by atoms with Crippen molar-refractivity contribution in [3.63, 3.8) is 0 Å². The molecule has 0 radical (unpaired) electrons. The highest BCUT2D eigenvalue weighted by Crippen LogP contribution is 2.39. The summed E-state index contributed by atoms with van der Waals surface area (Å²) in [4.78, 5) is 19.0. The molecule has 2 heterocycles. The normalized spacial score (nSPS) is 19.0. The number of aromatic nitrogens is 5. The van der Waals surface area contributed by atoms with E-state index in [1.807, 2.05) is 22.8 Å². The van der Waals surface area contributed by atoms with Crippen LogP contribution in [0.3, 0.4) is 0 Å². The Morgan fingerprint density at radius 2 is 2.04 bits per heavy atom. The van der Waals surface area contributed by atoms with Gasteiger partial charge in [0.25, 0.3) is 0 Å². The Balaban J connectivity index is 1.75. The molecular formula is C17H15ClN6O2. The molecule has 0 bridgehead atoms. The van der Waals surface area contributed by atoms with Crippen LogP contribution in [-0.4, -0.2) is 42.0 Å². The minimum absolute atomic E-state index is 0.0728. The second-order valence-electron chi connectivity index (χ2n) is 6.08. The van der Waals surface area contributed by atoms with E-state index in [4.69, 9.17) is 16.7 Å². The molecule has 1 amide bonds. The number of benzene rings is 1. The van der Waals surface area contributed by atoms with Crippen molar-refractivity contribution in [1.29, 1.82) is 0 Å². The number of carbonyl (C=O) groups is 1. The monoisotopic (exact) mass is 370 g/mol. The highest BCUT2D eigenvalue weighted by molar-refractivity contribution is 6.32. The molecule has 1 aromatic carbocycles. The molecule has 0 aliphatic heterocycles. The molecule has 1 aliphatic carbocycles. The van der Waals surface area contributed by atoms with Crippen molar-refractivity contribution in [2.75, 3.05) is 0 Å². The van der Waals surface area contributed by atoms with Gasteiger partial charge in [-0.25, -0.2) is 14.8 Å². The predicted molar refractivity (Wildman–Crippen MR) is 94.3 cm³/mol. The van der Waals surface area contributed by atoms with Gasteiger partial charge in [-0.15, -0.1) is 10.2 Å². The van der Waals surface area contributed by atoms with Crippen LogP contribution in [0.5, 0.6) is 0 Å². The van der Waals surface area contributed by atoms with Crippen LogP contribution in [0.15, 0.2) is 42.9 Å². The zero-order valence-corrected chi connectivity index (χ0v) is 14.3. The third-order valence-electron chi connectivity index (χ3n) is 4.42. The van der Waals surface area contributed by atoms with Gasteiger partial charge in [-0.2, -0.15) is 0 Å². The van der Waals surface area contributed by atoms with E-state index >= 15 is 0 Å². The number of nitrogens with one attached hydrogen (secondary N) is 1. The van der Waals surface area contributed by atoms with Crippen LogP contribution in [-0.2, 0) is 0 Å². The first-order valence-electron chi connectivity index (χ1n) is 8.09. The van der Waals surface area contributed by atoms with Crippen molar-refractivity contribution in [3.8, 4) is 17.2 Å². The lowest BCUT2D eigenvalue weighted by Crippen LogP contribution is -2.43. The van der Waals surface area contributed by atoms with Gasteiger partial charge in [-0.05, 0) is 31.0 Å². The van der Waals surface area contributed by atoms with Gasteiger partial charge < -0.3 is 10.4 Å². The van der Waals surface area contributed by atoms with Crippen LogP contribution >= 0.6 is 11.6 Å². The van der Waals surface area contributed by atoms with Gasteiger partial charge in [-0.1, -0.05) is 23.7 Å². The summed E-state index contributed by atoms with van der Waals surface area (Å²) >= 11 is 6.41. The third-order valence-corrected chi connectivity index (χ3v) is 4.74. The molecule has 132 valence electrons. The average Bonchev–Trinajstić information content (AvgIpc) is 3.03. The summed E-state index contributed by atoms with van der Waals surface area (Å²) in [5.41, 5.74) is 1.40. The fraction of sp³-hybridized carbons (Fsp3) is 0.235. The zero-order valence-electron chi connectivity index (χ0n) is 13.6. The van der Waals surface area contributed by atoms with Gasteiger partial charge in [0.05, 0.1) is 10.7 Å². The molecule has 0 saturated heterocycles. The molecule has 1 aliphatic rings. The lowest BCUT2D eigenvalue weighted by Gasteiger charge is -2.34. The predicted octanol–water partition coefficient (Wildman–Crippen LogP) is 2.89. The van der Waals surface area contributed by atoms with E-state index in [9.17, 15) is 4.79 Å². The molecule has 1 fully saturated rings. The molecule has 26 heavy (non-hydrogen) atoms. The maximum atomic E-state index is 10.8. The quantitative estimate of drug-likeness (QED) is 0.731. The molecule has 0 unspecified atom stereocenters. The SMILES string of the molecule is O=C(O)NC1CC(c2nnc(-c3ccncn3)n2-c2ccccc2Cl)C1. The number of amides is 1. The number of hydrogen-bond acceptors (Lipinski definition) is 5. The average molecular weight is 371 g/mol. The standard InChI is InChI=1S/C17H15ClN6O2/c18-12-3-1-2-4-14(12)24-15(10-7-11(8-10)21-17(25)26)22-23-16(24)13-5-6-19-9-20-13/h1-6,9-11,21H,7-8H2,(H,25,26). The molecule has 0 spiro atoms. The van der Waals surface area contributed by atoms with E-state index in [2.05, 4.69) is 25.5 Å². The number of nitrogens with zero attached hydrogens (tertiary/aromatic N) is 5. The van der Waals surface area contributed by atoms with Crippen LogP contribution < -0.4 is 5.32 Å². The van der Waals surface area contributed by atoms with Crippen LogP contribution in [0.2, 0.25) is 5.02 Å². The highest BCUT2D eigenvalue weighted by Gasteiger charge is 2.36. The molecule has 9 heteroatoms. The summed E-state index contributed by atoms with van der Waals surface area (Å²) in [6.07, 6.45) is 3.42. The van der Waals surface area contributed by atoms with Gasteiger partial charge in [-0.3, -0.25) is 4.57 Å². The zero-order chi connectivity index (χ0) is 18.1. The fourth-order valence-electron chi connectivity index (χ4n) is 3.14. The van der Waals surface area contributed by atoms with E-state index in [1.165, 1.54) is 6.33 Å². The smallest absolute Gasteiger partial charge is 0.404 e. The Bertz CT molecular complexity index is 939. The van der Waals surface area contributed by atoms with Gasteiger partial charge in [0.1, 0.15) is 17.8 Å². The Kier molecular flexibility index (Phi) is 4.26. The van der Waals surface area contributed by atoms with Crippen molar-refractivity contribution in [2.45, 2.75) is 24.8 Å². The Labute approximate surface area is 153 Å². The lowest BCUT2D eigenvalue weighted by molar-refractivity contribution is 0.176. The number of hydrogen-bond donors (Lipinski definition) is 2. The van der Waals surface area contributed by atoms with E-state index in [1.54, 1.807) is 18.3 Å². The van der Waals surface area contributed by atoms with Crippen molar-refractivity contribution < 1.29 is 9.90 Å². The molecule has 4 rings (SSSR count). The largest absolute Gasteiger partial charge is 0.465 e. The minimum atomic E-state index is -1.01. The van der Waals surface area contributed by atoms with Crippen molar-refractivity contribution >= 4 is 17.7 Å². The molecule has 0 atom stereocenters. The Morgan fingerprint density at radius 3 is 2.73 bits per heavy atom. The molecule has 2 N–H and O–H groups in total. The lowest BCUT2D eigenvalue weighted by atomic mass is 9.79. The van der Waals surface area contributed by atoms with Crippen LogP contribution in [0.1, 0.15) is 24.6 Å². The van der Waals surface area contributed by atoms with Gasteiger partial charge in [0.15, 0.2) is 5.82 Å². The highest BCUT2D eigenvalue weighted by atomic mass is 35.5. The first-order valence-corrected chi connectivity index (χ1v) is 8.47. The van der Waals surface area contributed by atoms with Gasteiger partial charge in [0.2, 0.25) is 0 Å². The molecule has 8 nitrogen and oxygen atoms in total. The summed E-state index contributed by atoms with van der Waals surface area (Å²) in [6, 6.07) is 9.14.